The van der Waals surface area contributed by atoms with Crippen LogP contribution in [0.15, 0.2) is 18.2 Å². The molecular weight excluding hydrogens is 260 g/mol. The minimum Gasteiger partial charge on any atom is -0.493 e. The summed E-state index contributed by atoms with van der Waals surface area (Å²) in [6.07, 6.45) is 1.83. The fraction of sp³-hybridized carbons (Fsp3) is 0.467. The number of aliphatic hydroxyl groups is 1. The van der Waals surface area contributed by atoms with Crippen LogP contribution in [0.2, 0.25) is 0 Å². The zero-order chi connectivity index (χ0) is 14.1. The maximum Gasteiger partial charge on any atom is 0.164 e. The number of hydrogen-bond acceptors (Lipinski definition) is 5. The molecule has 0 saturated heterocycles. The van der Waals surface area contributed by atoms with Crippen LogP contribution in [0.4, 0.5) is 0 Å². The summed E-state index contributed by atoms with van der Waals surface area (Å²) in [7, 11) is 3.21. The molecule has 0 saturated carbocycles. The van der Waals surface area contributed by atoms with E-state index in [1.807, 2.05) is 18.2 Å². The monoisotopic (exact) mass is 278 g/mol. The van der Waals surface area contributed by atoms with Gasteiger partial charge in [0, 0.05) is 17.5 Å². The van der Waals surface area contributed by atoms with Gasteiger partial charge in [0.1, 0.15) is 5.75 Å². The molecule has 1 N–H and O–H groups in total. The van der Waals surface area contributed by atoms with Gasteiger partial charge in [-0.15, -0.1) is 0 Å². The van der Waals surface area contributed by atoms with Crippen LogP contribution in [0.3, 0.4) is 0 Å². The molecule has 0 aliphatic carbocycles. The van der Waals surface area contributed by atoms with E-state index in [9.17, 15) is 5.11 Å². The Morgan fingerprint density at radius 1 is 1.25 bits per heavy atom. The van der Waals surface area contributed by atoms with Gasteiger partial charge in [-0.2, -0.15) is 0 Å². The molecule has 0 amide bonds. The third kappa shape index (κ3) is 2.03. The van der Waals surface area contributed by atoms with Crippen LogP contribution in [0, 0.1) is 5.92 Å². The Balaban J connectivity index is 2.06. The molecule has 3 rings (SSSR count). The first kappa shape index (κ1) is 13.3. The van der Waals surface area contributed by atoms with Gasteiger partial charge in [-0.1, -0.05) is 6.08 Å². The van der Waals surface area contributed by atoms with Crippen molar-refractivity contribution in [3.8, 4) is 17.2 Å². The van der Waals surface area contributed by atoms with Gasteiger partial charge in [-0.05, 0) is 11.6 Å². The molecular formula is C15H18O5. The van der Waals surface area contributed by atoms with Crippen molar-refractivity contribution >= 4 is 5.57 Å². The topological polar surface area (TPSA) is 57.2 Å². The predicted octanol–water partition coefficient (Wildman–Crippen LogP) is 1.49. The minimum atomic E-state index is -0.212. The van der Waals surface area contributed by atoms with Crippen LogP contribution in [0.5, 0.6) is 17.2 Å². The minimum absolute atomic E-state index is 0.00596. The molecule has 1 aromatic carbocycles. The molecule has 1 aromatic rings. The molecule has 0 radical (unpaired) electrons. The molecule has 20 heavy (non-hydrogen) atoms. The first-order valence-electron chi connectivity index (χ1n) is 6.60. The Kier molecular flexibility index (Phi) is 3.54. The highest BCUT2D eigenvalue weighted by atomic mass is 16.5. The Labute approximate surface area is 117 Å². The highest BCUT2D eigenvalue weighted by Crippen LogP contribution is 2.45. The van der Waals surface area contributed by atoms with E-state index in [1.165, 1.54) is 0 Å². The van der Waals surface area contributed by atoms with Gasteiger partial charge < -0.3 is 24.1 Å². The summed E-state index contributed by atoms with van der Waals surface area (Å²) < 4.78 is 22.0. The standard InChI is InChI=1S/C15H18O5/c1-17-13-5-10-9-3-4-19-15(7-16)11(9)8-20-12(10)6-14(13)18-2/h3,5-6,11,15-16H,4,7-8H2,1-2H3. The summed E-state index contributed by atoms with van der Waals surface area (Å²) in [5.41, 5.74) is 2.14. The van der Waals surface area contributed by atoms with Gasteiger partial charge in [0.2, 0.25) is 0 Å². The maximum absolute atomic E-state index is 9.41. The largest absolute Gasteiger partial charge is 0.493 e. The Bertz CT molecular complexity index is 537. The van der Waals surface area contributed by atoms with E-state index >= 15 is 0 Å². The predicted molar refractivity (Wildman–Crippen MR) is 73.3 cm³/mol. The second-order valence-electron chi connectivity index (χ2n) is 4.83. The van der Waals surface area contributed by atoms with Gasteiger partial charge in [0.25, 0.3) is 0 Å². The molecule has 0 fully saturated rings. The smallest absolute Gasteiger partial charge is 0.164 e. The van der Waals surface area contributed by atoms with Crippen LogP contribution in [0.1, 0.15) is 5.56 Å². The molecule has 0 spiro atoms. The number of methoxy groups -OCH3 is 2. The average molecular weight is 278 g/mol. The number of rotatable bonds is 3. The van der Waals surface area contributed by atoms with Crippen LogP contribution >= 0.6 is 0 Å². The SMILES string of the molecule is COc1cc2c(cc1OC)C1=CCOC(CO)C1CO2. The van der Waals surface area contributed by atoms with Crippen LogP contribution < -0.4 is 14.2 Å². The molecule has 2 aliphatic rings. The van der Waals surface area contributed by atoms with Gasteiger partial charge >= 0.3 is 0 Å². The fourth-order valence-electron chi connectivity index (χ4n) is 2.80. The van der Waals surface area contributed by atoms with Crippen LogP contribution in [0.25, 0.3) is 5.57 Å². The fourth-order valence-corrected chi connectivity index (χ4v) is 2.80. The van der Waals surface area contributed by atoms with Crippen molar-refractivity contribution in [2.75, 3.05) is 34.0 Å². The van der Waals surface area contributed by atoms with Crippen molar-refractivity contribution in [3.05, 3.63) is 23.8 Å². The van der Waals surface area contributed by atoms with Crippen molar-refractivity contribution in [1.29, 1.82) is 0 Å². The van der Waals surface area contributed by atoms with Crippen molar-refractivity contribution in [1.82, 2.24) is 0 Å². The summed E-state index contributed by atoms with van der Waals surface area (Å²) in [5, 5.41) is 9.41. The zero-order valence-corrected chi connectivity index (χ0v) is 11.6. The van der Waals surface area contributed by atoms with E-state index in [0.29, 0.717) is 24.7 Å². The van der Waals surface area contributed by atoms with Crippen molar-refractivity contribution < 1.29 is 24.1 Å². The van der Waals surface area contributed by atoms with Gasteiger partial charge in [0.05, 0.1) is 40.1 Å². The highest BCUT2D eigenvalue weighted by molar-refractivity contribution is 5.77. The van der Waals surface area contributed by atoms with E-state index in [1.54, 1.807) is 14.2 Å². The molecule has 2 atom stereocenters. The first-order chi connectivity index (χ1) is 9.78. The molecule has 2 aliphatic heterocycles. The number of benzene rings is 1. The lowest BCUT2D eigenvalue weighted by Gasteiger charge is -2.36. The van der Waals surface area contributed by atoms with Gasteiger partial charge in [0.15, 0.2) is 11.5 Å². The van der Waals surface area contributed by atoms with Crippen LogP contribution in [-0.4, -0.2) is 45.3 Å². The summed E-state index contributed by atoms with van der Waals surface area (Å²) >= 11 is 0. The molecule has 108 valence electrons. The lowest BCUT2D eigenvalue weighted by atomic mass is 9.84. The second-order valence-corrected chi connectivity index (χ2v) is 4.83. The summed E-state index contributed by atoms with van der Waals surface area (Å²) in [5.74, 6) is 2.16. The molecule has 0 bridgehead atoms. The molecule has 2 heterocycles. The average Bonchev–Trinajstić information content (AvgIpc) is 2.52. The van der Waals surface area contributed by atoms with Crippen molar-refractivity contribution in [2.24, 2.45) is 5.92 Å². The highest BCUT2D eigenvalue weighted by Gasteiger charge is 2.35. The van der Waals surface area contributed by atoms with E-state index < -0.39 is 0 Å². The molecule has 5 nitrogen and oxygen atoms in total. The lowest BCUT2D eigenvalue weighted by Crippen LogP contribution is -2.38. The van der Waals surface area contributed by atoms with Crippen molar-refractivity contribution in [3.63, 3.8) is 0 Å². The van der Waals surface area contributed by atoms with Gasteiger partial charge in [-0.25, -0.2) is 0 Å². The molecule has 5 heteroatoms. The third-order valence-corrected chi connectivity index (χ3v) is 3.86. The van der Waals surface area contributed by atoms with E-state index in [4.69, 9.17) is 18.9 Å². The Morgan fingerprint density at radius 3 is 2.70 bits per heavy atom. The Morgan fingerprint density at radius 2 is 2.00 bits per heavy atom. The third-order valence-electron chi connectivity index (χ3n) is 3.86. The van der Waals surface area contributed by atoms with E-state index in [2.05, 4.69) is 0 Å². The summed E-state index contributed by atoms with van der Waals surface area (Å²) in [6.45, 7) is 0.998. The molecule has 2 unspecified atom stereocenters. The summed E-state index contributed by atoms with van der Waals surface area (Å²) in [4.78, 5) is 0. The number of aliphatic hydroxyl groups excluding tert-OH is 1. The first-order valence-corrected chi connectivity index (χ1v) is 6.60. The normalized spacial score (nSPS) is 24.1. The van der Waals surface area contributed by atoms with E-state index in [-0.39, 0.29) is 18.6 Å². The number of fused-ring (bicyclic) bond motifs is 3. The van der Waals surface area contributed by atoms with Crippen LogP contribution in [-0.2, 0) is 4.74 Å². The molecule has 0 aromatic heterocycles. The number of ether oxygens (including phenoxy) is 4. The maximum atomic E-state index is 9.41. The Hall–Kier alpha value is -1.72. The van der Waals surface area contributed by atoms with Gasteiger partial charge in [-0.3, -0.25) is 0 Å². The zero-order valence-electron chi connectivity index (χ0n) is 11.6. The van der Waals surface area contributed by atoms with Crippen molar-refractivity contribution in [2.45, 2.75) is 6.10 Å². The van der Waals surface area contributed by atoms with E-state index in [0.717, 1.165) is 16.9 Å². The quantitative estimate of drug-likeness (QED) is 0.907. The second kappa shape index (κ2) is 5.34. The number of hydrogen-bond donors (Lipinski definition) is 1. The lowest BCUT2D eigenvalue weighted by molar-refractivity contribution is -0.0156. The summed E-state index contributed by atoms with van der Waals surface area (Å²) in [6, 6.07) is 3.76.